The summed E-state index contributed by atoms with van der Waals surface area (Å²) in [5, 5.41) is 5.31. The fourth-order valence-corrected chi connectivity index (χ4v) is 4.53. The van der Waals surface area contributed by atoms with Crippen molar-refractivity contribution >= 4 is 42.3 Å². The lowest BCUT2D eigenvalue weighted by atomic mass is 10.0. The lowest BCUT2D eigenvalue weighted by Gasteiger charge is -2.03. The van der Waals surface area contributed by atoms with E-state index in [9.17, 15) is 0 Å². The average Bonchev–Trinajstić information content (AvgIpc) is 3.01. The Morgan fingerprint density at radius 1 is 0.696 bits per heavy atom. The number of pyridine rings is 1. The molecular weight excluding hydrogens is 298 g/mol. The van der Waals surface area contributed by atoms with Crippen LogP contribution in [-0.2, 0) is 0 Å². The van der Waals surface area contributed by atoms with Crippen molar-refractivity contribution in [3.8, 4) is 11.3 Å². The molecule has 5 aromatic rings. The van der Waals surface area contributed by atoms with Crippen molar-refractivity contribution in [2.24, 2.45) is 0 Å². The number of rotatable bonds is 1. The number of thiophene rings is 1. The molecule has 0 spiro atoms. The molecule has 0 bridgehead atoms. The predicted octanol–water partition coefficient (Wildman–Crippen LogP) is 6.27. The Labute approximate surface area is 137 Å². The number of fused-ring (bicyclic) bond motifs is 5. The van der Waals surface area contributed by atoms with Crippen LogP contribution in [0, 0.1) is 0 Å². The standard InChI is InChI=1S/C21H13NS/c1-2-7-15-14(6-1)11-12-19-20(15)17-9-5-8-16(21(17)23-19)18-10-3-4-13-22-18/h1-13H. The summed E-state index contributed by atoms with van der Waals surface area (Å²) in [5.74, 6) is 0. The number of hydrogen-bond donors (Lipinski definition) is 0. The van der Waals surface area contributed by atoms with Gasteiger partial charge in [-0.2, -0.15) is 0 Å². The molecule has 2 heteroatoms. The van der Waals surface area contributed by atoms with E-state index in [0.29, 0.717) is 0 Å². The molecule has 3 aromatic carbocycles. The monoisotopic (exact) mass is 311 g/mol. The molecule has 108 valence electrons. The Bertz CT molecular complexity index is 1160. The van der Waals surface area contributed by atoms with Gasteiger partial charge in [-0.25, -0.2) is 0 Å². The van der Waals surface area contributed by atoms with Gasteiger partial charge in [0.15, 0.2) is 0 Å². The smallest absolute Gasteiger partial charge is 0.0716 e. The summed E-state index contributed by atoms with van der Waals surface area (Å²) >= 11 is 1.86. The van der Waals surface area contributed by atoms with Crippen LogP contribution < -0.4 is 0 Å². The van der Waals surface area contributed by atoms with Crippen LogP contribution in [0.25, 0.3) is 42.2 Å². The highest BCUT2D eigenvalue weighted by atomic mass is 32.1. The van der Waals surface area contributed by atoms with Crippen LogP contribution in [0.3, 0.4) is 0 Å². The Kier molecular flexibility index (Phi) is 2.73. The second-order valence-electron chi connectivity index (χ2n) is 5.66. The molecule has 0 atom stereocenters. The third-order valence-electron chi connectivity index (χ3n) is 4.33. The maximum absolute atomic E-state index is 4.54. The zero-order valence-corrected chi connectivity index (χ0v) is 13.2. The molecule has 0 saturated carbocycles. The molecule has 0 amide bonds. The number of benzene rings is 3. The van der Waals surface area contributed by atoms with Crippen LogP contribution in [-0.4, -0.2) is 4.98 Å². The van der Waals surface area contributed by atoms with E-state index in [1.165, 1.54) is 36.5 Å². The SMILES string of the molecule is c1ccc(-c2cccc3c2sc2ccc4ccccc4c23)nc1. The highest BCUT2D eigenvalue weighted by Crippen LogP contribution is 2.42. The first-order valence-corrected chi connectivity index (χ1v) is 8.48. The summed E-state index contributed by atoms with van der Waals surface area (Å²) in [4.78, 5) is 4.54. The van der Waals surface area contributed by atoms with Gasteiger partial charge >= 0.3 is 0 Å². The van der Waals surface area contributed by atoms with Gasteiger partial charge in [0, 0.05) is 31.9 Å². The van der Waals surface area contributed by atoms with E-state index >= 15 is 0 Å². The van der Waals surface area contributed by atoms with Gasteiger partial charge in [-0.15, -0.1) is 11.3 Å². The minimum absolute atomic E-state index is 1.04. The molecule has 5 rings (SSSR count). The zero-order valence-electron chi connectivity index (χ0n) is 12.4. The largest absolute Gasteiger partial charge is 0.256 e. The van der Waals surface area contributed by atoms with E-state index in [2.05, 4.69) is 65.6 Å². The average molecular weight is 311 g/mol. The number of aromatic nitrogens is 1. The topological polar surface area (TPSA) is 12.9 Å². The van der Waals surface area contributed by atoms with Crippen molar-refractivity contribution in [1.82, 2.24) is 4.98 Å². The van der Waals surface area contributed by atoms with E-state index in [1.54, 1.807) is 0 Å². The molecule has 0 radical (unpaired) electrons. The Hall–Kier alpha value is -2.71. The maximum atomic E-state index is 4.54. The van der Waals surface area contributed by atoms with Crippen LogP contribution in [0.2, 0.25) is 0 Å². The third-order valence-corrected chi connectivity index (χ3v) is 5.53. The van der Waals surface area contributed by atoms with Gasteiger partial charge in [-0.1, -0.05) is 54.6 Å². The van der Waals surface area contributed by atoms with Gasteiger partial charge in [-0.3, -0.25) is 4.98 Å². The number of hydrogen-bond acceptors (Lipinski definition) is 2. The van der Waals surface area contributed by atoms with Crippen LogP contribution in [0.1, 0.15) is 0 Å². The Balaban J connectivity index is 1.96. The molecule has 0 fully saturated rings. The third kappa shape index (κ3) is 1.89. The van der Waals surface area contributed by atoms with E-state index in [1.807, 2.05) is 29.7 Å². The summed E-state index contributed by atoms with van der Waals surface area (Å²) < 4.78 is 2.65. The van der Waals surface area contributed by atoms with Gasteiger partial charge in [-0.05, 0) is 29.0 Å². The summed E-state index contributed by atoms with van der Waals surface area (Å²) in [6.07, 6.45) is 1.86. The van der Waals surface area contributed by atoms with Gasteiger partial charge in [0.05, 0.1) is 5.69 Å². The van der Waals surface area contributed by atoms with Crippen LogP contribution in [0.5, 0.6) is 0 Å². The molecule has 0 N–H and O–H groups in total. The normalized spacial score (nSPS) is 11.5. The Morgan fingerprint density at radius 3 is 2.48 bits per heavy atom. The van der Waals surface area contributed by atoms with Gasteiger partial charge in [0.2, 0.25) is 0 Å². The molecule has 1 nitrogen and oxygen atoms in total. The Morgan fingerprint density at radius 2 is 1.57 bits per heavy atom. The molecule has 0 unspecified atom stereocenters. The fourth-order valence-electron chi connectivity index (χ4n) is 3.29. The van der Waals surface area contributed by atoms with Crippen molar-refractivity contribution < 1.29 is 0 Å². The molecule has 0 aliphatic carbocycles. The van der Waals surface area contributed by atoms with E-state index in [0.717, 1.165) is 5.69 Å². The van der Waals surface area contributed by atoms with Gasteiger partial charge < -0.3 is 0 Å². The van der Waals surface area contributed by atoms with Crippen molar-refractivity contribution in [2.75, 3.05) is 0 Å². The first kappa shape index (κ1) is 12.8. The highest BCUT2D eigenvalue weighted by Gasteiger charge is 2.12. The summed E-state index contributed by atoms with van der Waals surface area (Å²) in [6.45, 7) is 0. The molecular formula is C21H13NS. The second kappa shape index (κ2) is 4.90. The first-order valence-electron chi connectivity index (χ1n) is 7.66. The maximum Gasteiger partial charge on any atom is 0.0716 e. The van der Waals surface area contributed by atoms with E-state index in [4.69, 9.17) is 0 Å². The van der Waals surface area contributed by atoms with Gasteiger partial charge in [0.25, 0.3) is 0 Å². The lowest BCUT2D eigenvalue weighted by Crippen LogP contribution is -1.81. The predicted molar refractivity (Wildman–Crippen MR) is 100 cm³/mol. The fraction of sp³-hybridized carbons (Fsp3) is 0. The lowest BCUT2D eigenvalue weighted by molar-refractivity contribution is 1.33. The van der Waals surface area contributed by atoms with Crippen LogP contribution in [0.4, 0.5) is 0 Å². The van der Waals surface area contributed by atoms with Crippen LogP contribution in [0.15, 0.2) is 79.0 Å². The van der Waals surface area contributed by atoms with Crippen molar-refractivity contribution in [3.63, 3.8) is 0 Å². The zero-order chi connectivity index (χ0) is 15.2. The molecule has 2 heterocycles. The van der Waals surface area contributed by atoms with Crippen molar-refractivity contribution in [1.29, 1.82) is 0 Å². The molecule has 23 heavy (non-hydrogen) atoms. The highest BCUT2D eigenvalue weighted by molar-refractivity contribution is 7.26. The summed E-state index contributed by atoms with van der Waals surface area (Å²) in [6, 6.07) is 25.7. The molecule has 2 aromatic heterocycles. The number of nitrogens with zero attached hydrogens (tertiary/aromatic N) is 1. The minimum atomic E-state index is 1.04. The van der Waals surface area contributed by atoms with Gasteiger partial charge in [0.1, 0.15) is 0 Å². The van der Waals surface area contributed by atoms with E-state index < -0.39 is 0 Å². The molecule has 0 aliphatic heterocycles. The second-order valence-corrected chi connectivity index (χ2v) is 6.71. The minimum Gasteiger partial charge on any atom is -0.256 e. The van der Waals surface area contributed by atoms with E-state index in [-0.39, 0.29) is 0 Å². The molecule has 0 aliphatic rings. The van der Waals surface area contributed by atoms with Crippen molar-refractivity contribution in [2.45, 2.75) is 0 Å². The summed E-state index contributed by atoms with van der Waals surface area (Å²) in [5.41, 5.74) is 2.25. The summed E-state index contributed by atoms with van der Waals surface area (Å²) in [7, 11) is 0. The van der Waals surface area contributed by atoms with Crippen molar-refractivity contribution in [3.05, 3.63) is 79.0 Å². The quantitative estimate of drug-likeness (QED) is 0.355. The van der Waals surface area contributed by atoms with Crippen LogP contribution >= 0.6 is 11.3 Å². The first-order chi connectivity index (χ1) is 11.4. The molecule has 0 saturated heterocycles.